The van der Waals surface area contributed by atoms with Gasteiger partial charge in [0.15, 0.2) is 17.5 Å². The summed E-state index contributed by atoms with van der Waals surface area (Å²) < 4.78 is 18.9. The van der Waals surface area contributed by atoms with Gasteiger partial charge in [-0.2, -0.15) is 0 Å². The minimum atomic E-state index is -0.397. The monoisotopic (exact) mass is 275 g/mol. The fourth-order valence-corrected chi connectivity index (χ4v) is 1.89. The van der Waals surface area contributed by atoms with Gasteiger partial charge in [-0.15, -0.1) is 0 Å². The van der Waals surface area contributed by atoms with Gasteiger partial charge in [-0.25, -0.2) is 14.4 Å². The summed E-state index contributed by atoms with van der Waals surface area (Å²) in [5.41, 5.74) is 2.26. The van der Waals surface area contributed by atoms with Crippen molar-refractivity contribution in [1.82, 2.24) is 9.97 Å². The molecule has 1 aromatic carbocycles. The Kier molecular flexibility index (Phi) is 4.63. The maximum Gasteiger partial charge on any atom is 0.186 e. The molecule has 0 amide bonds. The summed E-state index contributed by atoms with van der Waals surface area (Å²) in [6, 6.07) is 7.73. The van der Waals surface area contributed by atoms with Crippen LogP contribution in [-0.4, -0.2) is 23.6 Å². The molecule has 1 N–H and O–H groups in total. The molecule has 0 unspecified atom stereocenters. The second-order valence-corrected chi connectivity index (χ2v) is 4.46. The third-order valence-corrected chi connectivity index (χ3v) is 2.88. The molecule has 2 aromatic rings. The average Bonchev–Trinajstić information content (AvgIpc) is 2.45. The number of rotatable bonds is 5. The van der Waals surface area contributed by atoms with E-state index in [9.17, 15) is 4.39 Å². The molecular weight excluding hydrogens is 257 g/mol. The number of aryl methyl sites for hydroxylation is 1. The summed E-state index contributed by atoms with van der Waals surface area (Å²) in [7, 11) is 1.66. The summed E-state index contributed by atoms with van der Waals surface area (Å²) in [5, 5.41) is 2.91. The van der Waals surface area contributed by atoms with Gasteiger partial charge in [0.1, 0.15) is 0 Å². The van der Waals surface area contributed by atoms with E-state index in [-0.39, 0.29) is 5.82 Å². The number of benzene rings is 1. The largest absolute Gasteiger partial charge is 0.380 e. The van der Waals surface area contributed by atoms with E-state index in [1.807, 2.05) is 31.2 Å². The maximum atomic E-state index is 13.8. The van der Waals surface area contributed by atoms with Crippen LogP contribution in [0, 0.1) is 12.7 Å². The zero-order chi connectivity index (χ0) is 14.5. The number of ether oxygens (including phenoxy) is 1. The van der Waals surface area contributed by atoms with Crippen molar-refractivity contribution in [2.24, 2.45) is 0 Å². The van der Waals surface area contributed by atoms with E-state index in [2.05, 4.69) is 15.3 Å². The Hall–Kier alpha value is -2.01. The molecule has 5 heteroatoms. The Labute approximate surface area is 118 Å². The zero-order valence-electron chi connectivity index (χ0n) is 11.9. The van der Waals surface area contributed by atoms with Crippen molar-refractivity contribution in [3.05, 3.63) is 41.3 Å². The van der Waals surface area contributed by atoms with Crippen LogP contribution in [0.3, 0.4) is 0 Å². The first-order chi connectivity index (χ1) is 9.65. The van der Waals surface area contributed by atoms with Gasteiger partial charge in [-0.1, -0.05) is 24.3 Å². The van der Waals surface area contributed by atoms with Crippen LogP contribution in [0.25, 0.3) is 11.4 Å². The molecule has 20 heavy (non-hydrogen) atoms. The van der Waals surface area contributed by atoms with Crippen LogP contribution in [0.4, 0.5) is 10.2 Å². The fraction of sp³-hybridized carbons (Fsp3) is 0.333. The lowest BCUT2D eigenvalue weighted by atomic mass is 10.1. The van der Waals surface area contributed by atoms with E-state index in [0.717, 1.165) is 11.1 Å². The number of nitrogens with zero attached hydrogens (tertiary/aromatic N) is 2. The van der Waals surface area contributed by atoms with Crippen molar-refractivity contribution in [3.63, 3.8) is 0 Å². The molecule has 0 spiro atoms. The molecule has 0 bridgehead atoms. The van der Waals surface area contributed by atoms with Gasteiger partial charge in [0, 0.05) is 19.2 Å². The number of methoxy groups -OCH3 is 1. The van der Waals surface area contributed by atoms with Crippen LogP contribution in [0.5, 0.6) is 0 Å². The van der Waals surface area contributed by atoms with Crippen molar-refractivity contribution < 1.29 is 9.13 Å². The van der Waals surface area contributed by atoms with Gasteiger partial charge in [0.05, 0.1) is 12.3 Å². The summed E-state index contributed by atoms with van der Waals surface area (Å²) in [6.07, 6.45) is 0. The van der Waals surface area contributed by atoms with E-state index in [0.29, 0.717) is 24.7 Å². The van der Waals surface area contributed by atoms with Gasteiger partial charge in [0.2, 0.25) is 0 Å². The Balaban J connectivity index is 2.36. The number of nitrogens with one attached hydrogen (secondary N) is 1. The first-order valence-electron chi connectivity index (χ1n) is 6.52. The predicted octanol–water partition coefficient (Wildman–Crippen LogP) is 3.17. The van der Waals surface area contributed by atoms with Crippen LogP contribution >= 0.6 is 0 Å². The molecule has 106 valence electrons. The van der Waals surface area contributed by atoms with Gasteiger partial charge in [0.25, 0.3) is 0 Å². The van der Waals surface area contributed by atoms with Crippen LogP contribution in [0.2, 0.25) is 0 Å². The van der Waals surface area contributed by atoms with Crippen molar-refractivity contribution in [2.75, 3.05) is 19.0 Å². The summed E-state index contributed by atoms with van der Waals surface area (Å²) >= 11 is 0. The molecular formula is C15H18FN3O. The van der Waals surface area contributed by atoms with Gasteiger partial charge in [-0.05, 0) is 19.4 Å². The standard InChI is InChI=1S/C15H18FN3O/c1-4-17-15-13(16)10(2)18-14(19-15)12-7-5-11(6-8-12)9-20-3/h5-8H,4,9H2,1-3H3,(H,17,18,19). The number of halogens is 1. The van der Waals surface area contributed by atoms with Gasteiger partial charge < -0.3 is 10.1 Å². The maximum absolute atomic E-state index is 13.8. The third-order valence-electron chi connectivity index (χ3n) is 2.88. The first kappa shape index (κ1) is 14.4. The number of hydrogen-bond acceptors (Lipinski definition) is 4. The minimum absolute atomic E-state index is 0.246. The predicted molar refractivity (Wildman–Crippen MR) is 77.0 cm³/mol. The molecule has 0 aliphatic rings. The Morgan fingerprint density at radius 1 is 1.20 bits per heavy atom. The molecule has 0 atom stereocenters. The Bertz CT molecular complexity index is 584. The smallest absolute Gasteiger partial charge is 0.186 e. The second kappa shape index (κ2) is 6.43. The topological polar surface area (TPSA) is 47.0 Å². The molecule has 1 aromatic heterocycles. The molecule has 4 nitrogen and oxygen atoms in total. The van der Waals surface area contributed by atoms with E-state index >= 15 is 0 Å². The molecule has 1 heterocycles. The number of hydrogen-bond donors (Lipinski definition) is 1. The Morgan fingerprint density at radius 2 is 1.90 bits per heavy atom. The van der Waals surface area contributed by atoms with Crippen LogP contribution in [0.1, 0.15) is 18.2 Å². The third kappa shape index (κ3) is 3.11. The van der Waals surface area contributed by atoms with Gasteiger partial charge in [-0.3, -0.25) is 0 Å². The van der Waals surface area contributed by atoms with E-state index < -0.39 is 5.82 Å². The SMILES string of the molecule is CCNc1nc(-c2ccc(COC)cc2)nc(C)c1F. The van der Waals surface area contributed by atoms with Gasteiger partial charge >= 0.3 is 0 Å². The lowest BCUT2D eigenvalue weighted by Gasteiger charge is -2.09. The lowest BCUT2D eigenvalue weighted by Crippen LogP contribution is -2.06. The minimum Gasteiger partial charge on any atom is -0.380 e. The highest BCUT2D eigenvalue weighted by Gasteiger charge is 2.12. The van der Waals surface area contributed by atoms with Crippen molar-refractivity contribution in [3.8, 4) is 11.4 Å². The molecule has 0 saturated carbocycles. The van der Waals surface area contributed by atoms with Crippen molar-refractivity contribution in [1.29, 1.82) is 0 Å². The normalized spacial score (nSPS) is 10.6. The van der Waals surface area contributed by atoms with Crippen LogP contribution in [-0.2, 0) is 11.3 Å². The summed E-state index contributed by atoms with van der Waals surface area (Å²) in [6.45, 7) is 4.71. The van der Waals surface area contributed by atoms with Crippen molar-refractivity contribution in [2.45, 2.75) is 20.5 Å². The molecule has 0 saturated heterocycles. The second-order valence-electron chi connectivity index (χ2n) is 4.46. The number of anilines is 1. The average molecular weight is 275 g/mol. The van der Waals surface area contributed by atoms with E-state index in [4.69, 9.17) is 4.74 Å². The zero-order valence-corrected chi connectivity index (χ0v) is 11.9. The van der Waals surface area contributed by atoms with E-state index in [1.54, 1.807) is 14.0 Å². The highest BCUT2D eigenvalue weighted by molar-refractivity contribution is 5.58. The highest BCUT2D eigenvalue weighted by Crippen LogP contribution is 2.21. The summed E-state index contributed by atoms with van der Waals surface area (Å²) in [4.78, 5) is 8.44. The van der Waals surface area contributed by atoms with Crippen molar-refractivity contribution >= 4 is 5.82 Å². The quantitative estimate of drug-likeness (QED) is 0.910. The Morgan fingerprint density at radius 3 is 2.50 bits per heavy atom. The van der Waals surface area contributed by atoms with Crippen LogP contribution < -0.4 is 5.32 Å². The molecule has 0 fully saturated rings. The molecule has 2 rings (SSSR count). The first-order valence-corrected chi connectivity index (χ1v) is 6.52. The van der Waals surface area contributed by atoms with Crippen LogP contribution in [0.15, 0.2) is 24.3 Å². The molecule has 0 aliphatic carbocycles. The highest BCUT2D eigenvalue weighted by atomic mass is 19.1. The number of aromatic nitrogens is 2. The molecule has 0 aliphatic heterocycles. The lowest BCUT2D eigenvalue weighted by molar-refractivity contribution is 0.185. The molecule has 0 radical (unpaired) electrons. The van der Waals surface area contributed by atoms with E-state index in [1.165, 1.54) is 0 Å². The fourth-order valence-electron chi connectivity index (χ4n) is 1.89. The summed E-state index contributed by atoms with van der Waals surface area (Å²) in [5.74, 6) is 0.367.